The van der Waals surface area contributed by atoms with E-state index in [2.05, 4.69) is 0 Å². The molecule has 1 saturated carbocycles. The maximum Gasteiger partial charge on any atom is 0.163 e. The Morgan fingerprint density at radius 3 is 2.64 bits per heavy atom. The minimum atomic E-state index is -0.124. The lowest BCUT2D eigenvalue weighted by Gasteiger charge is -2.42. The number of benzene rings is 1. The molecular formula is C21H30O4. The van der Waals surface area contributed by atoms with Crippen LogP contribution in [0.3, 0.4) is 0 Å². The van der Waals surface area contributed by atoms with Crippen LogP contribution < -0.4 is 4.74 Å². The third kappa shape index (κ3) is 3.84. The summed E-state index contributed by atoms with van der Waals surface area (Å²) in [6, 6.07) is 3.36. The number of phenolic OH excluding ortho intramolecular Hbond substituents is 1. The Labute approximate surface area is 150 Å². The summed E-state index contributed by atoms with van der Waals surface area (Å²) in [5.41, 5.74) is 1.33. The summed E-state index contributed by atoms with van der Waals surface area (Å²) >= 11 is 0. The van der Waals surface area contributed by atoms with Crippen LogP contribution >= 0.6 is 0 Å². The summed E-state index contributed by atoms with van der Waals surface area (Å²) in [7, 11) is 1.61. The number of carbonyl (C=O) groups is 1. The summed E-state index contributed by atoms with van der Waals surface area (Å²) in [5.74, 6) is 1.18. The summed E-state index contributed by atoms with van der Waals surface area (Å²) in [6.45, 7) is 2.34. The molecule has 3 rings (SSSR count). The van der Waals surface area contributed by atoms with Crippen LogP contribution in [0.1, 0.15) is 74.2 Å². The van der Waals surface area contributed by atoms with E-state index in [0.29, 0.717) is 17.2 Å². The number of methoxy groups -OCH3 is 1. The van der Waals surface area contributed by atoms with Crippen molar-refractivity contribution in [3.63, 3.8) is 0 Å². The highest BCUT2D eigenvalue weighted by Gasteiger charge is 2.42. The second-order valence-electron chi connectivity index (χ2n) is 7.59. The molecule has 0 aromatic heterocycles. The van der Waals surface area contributed by atoms with Gasteiger partial charge < -0.3 is 14.6 Å². The summed E-state index contributed by atoms with van der Waals surface area (Å²) in [5, 5.41) is 10.0. The van der Waals surface area contributed by atoms with Crippen molar-refractivity contribution in [3.8, 4) is 11.5 Å². The maximum absolute atomic E-state index is 11.8. The van der Waals surface area contributed by atoms with Crippen LogP contribution in [0.2, 0.25) is 0 Å². The van der Waals surface area contributed by atoms with Crippen LogP contribution in [0.15, 0.2) is 12.1 Å². The number of aromatic hydroxyl groups is 1. The third-order valence-corrected chi connectivity index (χ3v) is 6.08. The van der Waals surface area contributed by atoms with Gasteiger partial charge in [-0.3, -0.25) is 4.79 Å². The highest BCUT2D eigenvalue weighted by Crippen LogP contribution is 2.45. The van der Waals surface area contributed by atoms with Gasteiger partial charge in [0.1, 0.15) is 11.5 Å². The number of carbonyl (C=O) groups excluding carboxylic acids is 1. The highest BCUT2D eigenvalue weighted by atomic mass is 16.5. The first-order valence-electron chi connectivity index (χ1n) is 9.60. The molecule has 4 heteroatoms. The molecule has 1 aliphatic carbocycles. The molecule has 0 amide bonds. The number of ether oxygens (including phenoxy) is 2. The van der Waals surface area contributed by atoms with E-state index >= 15 is 0 Å². The summed E-state index contributed by atoms with van der Waals surface area (Å²) < 4.78 is 11.8. The Kier molecular flexibility index (Phi) is 5.67. The van der Waals surface area contributed by atoms with Crippen molar-refractivity contribution in [1.82, 2.24) is 0 Å². The smallest absolute Gasteiger partial charge is 0.163 e. The van der Waals surface area contributed by atoms with Crippen molar-refractivity contribution in [2.24, 2.45) is 5.92 Å². The van der Waals surface area contributed by atoms with Gasteiger partial charge in [0.05, 0.1) is 18.3 Å². The molecule has 1 unspecified atom stereocenters. The average molecular weight is 346 g/mol. The fourth-order valence-corrected chi connectivity index (χ4v) is 4.68. The zero-order valence-corrected chi connectivity index (χ0v) is 15.5. The lowest BCUT2D eigenvalue weighted by Crippen LogP contribution is -2.43. The standard InChI is InChI=1S/C21H30O4/c1-15(22)18-13-16(20(24-2)14-19(18)23)9-11-21(10-5-6-12-25-21)17-7-3-4-8-17/h13-14,17,23H,3-12H2,1-2H3. The quantitative estimate of drug-likeness (QED) is 0.761. The zero-order chi connectivity index (χ0) is 17.9. The van der Waals surface area contributed by atoms with E-state index in [9.17, 15) is 9.90 Å². The van der Waals surface area contributed by atoms with Crippen LogP contribution in [0.5, 0.6) is 11.5 Å². The van der Waals surface area contributed by atoms with E-state index in [1.807, 2.05) is 0 Å². The molecule has 1 aliphatic heterocycles. The van der Waals surface area contributed by atoms with E-state index in [-0.39, 0.29) is 17.1 Å². The van der Waals surface area contributed by atoms with Gasteiger partial charge in [-0.1, -0.05) is 12.8 Å². The number of aryl methyl sites for hydroxylation is 1. The highest BCUT2D eigenvalue weighted by molar-refractivity contribution is 5.97. The average Bonchev–Trinajstić information content (AvgIpc) is 3.16. The largest absolute Gasteiger partial charge is 0.507 e. The van der Waals surface area contributed by atoms with Crippen molar-refractivity contribution >= 4 is 5.78 Å². The van der Waals surface area contributed by atoms with Gasteiger partial charge in [-0.05, 0) is 69.4 Å². The minimum Gasteiger partial charge on any atom is -0.507 e. The van der Waals surface area contributed by atoms with Crippen LogP contribution in [0, 0.1) is 5.92 Å². The predicted octanol–water partition coefficient (Wildman–Crippen LogP) is 4.67. The number of ketones is 1. The molecule has 0 bridgehead atoms. The van der Waals surface area contributed by atoms with Gasteiger partial charge in [-0.25, -0.2) is 0 Å². The third-order valence-electron chi connectivity index (χ3n) is 6.08. The predicted molar refractivity (Wildman–Crippen MR) is 97.5 cm³/mol. The Balaban J connectivity index is 1.82. The molecule has 4 nitrogen and oxygen atoms in total. The van der Waals surface area contributed by atoms with Gasteiger partial charge in [0.25, 0.3) is 0 Å². The zero-order valence-electron chi connectivity index (χ0n) is 15.5. The van der Waals surface area contributed by atoms with Crippen LogP contribution in [-0.2, 0) is 11.2 Å². The topological polar surface area (TPSA) is 55.8 Å². The molecule has 0 spiro atoms. The molecule has 0 radical (unpaired) electrons. The number of Topliss-reactive ketones (excluding diaryl/α,β-unsaturated/α-hetero) is 1. The molecule has 25 heavy (non-hydrogen) atoms. The number of rotatable bonds is 6. The fourth-order valence-electron chi connectivity index (χ4n) is 4.68. The van der Waals surface area contributed by atoms with E-state index in [0.717, 1.165) is 37.9 Å². The Bertz CT molecular complexity index is 611. The lowest BCUT2D eigenvalue weighted by atomic mass is 9.76. The van der Waals surface area contributed by atoms with Crippen molar-refractivity contribution < 1.29 is 19.4 Å². The number of hydrogen-bond acceptors (Lipinski definition) is 4. The second-order valence-corrected chi connectivity index (χ2v) is 7.59. The SMILES string of the molecule is COc1cc(O)c(C(C)=O)cc1CCC1(C2CCCC2)CCCCO1. The summed E-state index contributed by atoms with van der Waals surface area (Å²) in [6.07, 6.45) is 10.5. The van der Waals surface area contributed by atoms with Gasteiger partial charge >= 0.3 is 0 Å². The van der Waals surface area contributed by atoms with Crippen molar-refractivity contribution in [1.29, 1.82) is 0 Å². The first-order valence-corrected chi connectivity index (χ1v) is 9.60. The molecule has 1 atom stereocenters. The van der Waals surface area contributed by atoms with E-state index in [1.165, 1.54) is 39.0 Å². The minimum absolute atomic E-state index is 0.00692. The van der Waals surface area contributed by atoms with E-state index in [4.69, 9.17) is 9.47 Å². The van der Waals surface area contributed by atoms with E-state index in [1.54, 1.807) is 19.2 Å². The van der Waals surface area contributed by atoms with Gasteiger partial charge in [-0.15, -0.1) is 0 Å². The molecule has 1 saturated heterocycles. The molecule has 1 N–H and O–H groups in total. The molecule has 2 aliphatic rings. The first-order chi connectivity index (χ1) is 12.1. The van der Waals surface area contributed by atoms with Crippen LogP contribution in [-0.4, -0.2) is 30.2 Å². The normalized spacial score (nSPS) is 24.4. The molecule has 2 fully saturated rings. The molecular weight excluding hydrogens is 316 g/mol. The van der Waals surface area contributed by atoms with Crippen molar-refractivity contribution in [2.45, 2.75) is 70.3 Å². The second kappa shape index (κ2) is 7.77. The van der Waals surface area contributed by atoms with Crippen LogP contribution in [0.25, 0.3) is 0 Å². The lowest BCUT2D eigenvalue weighted by molar-refractivity contribution is -0.120. The maximum atomic E-state index is 11.8. The van der Waals surface area contributed by atoms with Crippen molar-refractivity contribution in [3.05, 3.63) is 23.3 Å². The van der Waals surface area contributed by atoms with Gasteiger partial charge in [0, 0.05) is 12.7 Å². The Hall–Kier alpha value is -1.55. The van der Waals surface area contributed by atoms with Gasteiger partial charge in [0.15, 0.2) is 5.78 Å². The monoisotopic (exact) mass is 346 g/mol. The number of phenols is 1. The van der Waals surface area contributed by atoms with Gasteiger partial charge in [0.2, 0.25) is 0 Å². The van der Waals surface area contributed by atoms with E-state index < -0.39 is 0 Å². The first kappa shape index (κ1) is 18.2. The summed E-state index contributed by atoms with van der Waals surface area (Å²) in [4.78, 5) is 11.8. The van der Waals surface area contributed by atoms with Crippen molar-refractivity contribution in [2.75, 3.05) is 13.7 Å². The molecule has 1 aromatic carbocycles. The fraction of sp³-hybridized carbons (Fsp3) is 0.667. The molecule has 138 valence electrons. The number of hydrogen-bond donors (Lipinski definition) is 1. The van der Waals surface area contributed by atoms with Crippen LogP contribution in [0.4, 0.5) is 0 Å². The van der Waals surface area contributed by atoms with Gasteiger partial charge in [-0.2, -0.15) is 0 Å². The molecule has 1 heterocycles. The Morgan fingerprint density at radius 1 is 1.28 bits per heavy atom. The molecule has 1 aromatic rings. The Morgan fingerprint density at radius 2 is 2.04 bits per heavy atom.